The van der Waals surface area contributed by atoms with E-state index in [1.54, 1.807) is 0 Å². The summed E-state index contributed by atoms with van der Waals surface area (Å²) in [5, 5.41) is 18.1. The predicted molar refractivity (Wildman–Crippen MR) is 283 cm³/mol. The van der Waals surface area contributed by atoms with Crippen molar-refractivity contribution in [3.05, 3.63) is 236 Å². The smallest absolute Gasteiger partial charge is 0.0540 e. The first-order valence-corrected chi connectivity index (χ1v) is 23.2. The lowest BCUT2D eigenvalue weighted by atomic mass is 9.80. The van der Waals surface area contributed by atoms with E-state index in [1.165, 1.54) is 126 Å². The van der Waals surface area contributed by atoms with Gasteiger partial charge in [0, 0.05) is 22.2 Å². The third kappa shape index (κ3) is 5.35. The van der Waals surface area contributed by atoms with Crippen LogP contribution in [0, 0.1) is 0 Å². The van der Waals surface area contributed by atoms with Crippen molar-refractivity contribution in [1.82, 2.24) is 0 Å². The molecule has 0 atom stereocenters. The molecule has 1 nitrogen and oxygen atoms in total. The second-order valence-electron chi connectivity index (χ2n) is 18.8. The van der Waals surface area contributed by atoms with Gasteiger partial charge in [0.2, 0.25) is 0 Å². The number of rotatable bonds is 5. The fourth-order valence-corrected chi connectivity index (χ4v) is 11.7. The summed E-state index contributed by atoms with van der Waals surface area (Å²) >= 11 is 0. The summed E-state index contributed by atoms with van der Waals surface area (Å²) in [6, 6.07) is 83.9. The molecule has 0 aliphatic heterocycles. The quantitative estimate of drug-likeness (QED) is 0.156. The minimum atomic E-state index is -0.142. The number of hydrogen-bond acceptors (Lipinski definition) is 1. The maximum absolute atomic E-state index is 2.50. The highest BCUT2D eigenvalue weighted by molar-refractivity contribution is 6.28. The molecule has 0 fully saturated rings. The maximum Gasteiger partial charge on any atom is 0.0540 e. The molecule has 0 saturated heterocycles. The Morgan fingerprint density at radius 2 is 0.818 bits per heavy atom. The van der Waals surface area contributed by atoms with Gasteiger partial charge in [0.25, 0.3) is 0 Å². The van der Waals surface area contributed by atoms with E-state index in [0.29, 0.717) is 0 Å². The molecule has 308 valence electrons. The highest BCUT2D eigenvalue weighted by Gasteiger charge is 2.36. The van der Waals surface area contributed by atoms with Crippen molar-refractivity contribution in [3.63, 3.8) is 0 Å². The van der Waals surface area contributed by atoms with Crippen LogP contribution in [-0.4, -0.2) is 0 Å². The summed E-state index contributed by atoms with van der Waals surface area (Å²) in [4.78, 5) is 2.42. The third-order valence-electron chi connectivity index (χ3n) is 15.0. The van der Waals surface area contributed by atoms with Crippen molar-refractivity contribution in [3.8, 4) is 33.4 Å². The van der Waals surface area contributed by atoms with Crippen LogP contribution < -0.4 is 4.90 Å². The van der Waals surface area contributed by atoms with Gasteiger partial charge in [-0.3, -0.25) is 0 Å². The van der Waals surface area contributed by atoms with Crippen LogP contribution in [0.25, 0.3) is 109 Å². The molecule has 0 unspecified atom stereocenters. The van der Waals surface area contributed by atoms with E-state index in [2.05, 4.69) is 243 Å². The average Bonchev–Trinajstić information content (AvgIpc) is 3.60. The van der Waals surface area contributed by atoms with Gasteiger partial charge >= 0.3 is 0 Å². The second-order valence-corrected chi connectivity index (χ2v) is 18.8. The molecule has 0 radical (unpaired) electrons. The van der Waals surface area contributed by atoms with Gasteiger partial charge < -0.3 is 4.90 Å². The summed E-state index contributed by atoms with van der Waals surface area (Å²) < 4.78 is 0. The average molecular weight is 838 g/mol. The summed E-state index contributed by atoms with van der Waals surface area (Å²) in [5.74, 6) is 0. The van der Waals surface area contributed by atoms with Crippen molar-refractivity contribution < 1.29 is 0 Å². The number of fused-ring (bicyclic) bond motifs is 10. The highest BCUT2D eigenvalue weighted by atomic mass is 15.1. The van der Waals surface area contributed by atoms with Gasteiger partial charge in [-0.25, -0.2) is 0 Å². The molecule has 0 bridgehead atoms. The van der Waals surface area contributed by atoms with Crippen LogP contribution in [0.3, 0.4) is 0 Å². The van der Waals surface area contributed by atoms with Crippen LogP contribution in [0.2, 0.25) is 0 Å². The monoisotopic (exact) mass is 837 g/mol. The zero-order valence-corrected chi connectivity index (χ0v) is 36.8. The van der Waals surface area contributed by atoms with Crippen LogP contribution in [0.4, 0.5) is 17.1 Å². The van der Waals surface area contributed by atoms with Crippen LogP contribution in [-0.2, 0) is 5.41 Å². The lowest BCUT2D eigenvalue weighted by Gasteiger charge is -2.28. The van der Waals surface area contributed by atoms with Gasteiger partial charge in [0.05, 0.1) is 5.69 Å². The first kappa shape index (κ1) is 37.1. The van der Waals surface area contributed by atoms with Crippen molar-refractivity contribution in [1.29, 1.82) is 0 Å². The van der Waals surface area contributed by atoms with Crippen molar-refractivity contribution in [2.75, 3.05) is 4.90 Å². The maximum atomic E-state index is 2.50. The number of benzene rings is 13. The molecule has 13 aromatic carbocycles. The van der Waals surface area contributed by atoms with E-state index in [1.807, 2.05) is 0 Å². The number of anilines is 3. The number of nitrogens with zero attached hydrogens (tertiary/aromatic N) is 1. The van der Waals surface area contributed by atoms with E-state index in [9.17, 15) is 0 Å². The molecule has 14 rings (SSSR count). The summed E-state index contributed by atoms with van der Waals surface area (Å²) in [6.45, 7) is 4.80. The van der Waals surface area contributed by atoms with Gasteiger partial charge in [0.1, 0.15) is 0 Å². The summed E-state index contributed by atoms with van der Waals surface area (Å²) in [7, 11) is 0. The van der Waals surface area contributed by atoms with E-state index in [0.717, 1.165) is 11.4 Å². The Hall–Kier alpha value is -8.26. The largest absolute Gasteiger partial charge is 0.310 e. The van der Waals surface area contributed by atoms with Crippen molar-refractivity contribution in [2.24, 2.45) is 0 Å². The van der Waals surface area contributed by atoms with Gasteiger partial charge in [0.15, 0.2) is 0 Å². The second kappa shape index (κ2) is 13.9. The Balaban J connectivity index is 0.860. The molecule has 0 saturated carbocycles. The molecule has 0 amide bonds. The van der Waals surface area contributed by atoms with E-state index < -0.39 is 0 Å². The van der Waals surface area contributed by atoms with E-state index in [-0.39, 0.29) is 5.41 Å². The topological polar surface area (TPSA) is 3.24 Å². The number of hydrogen-bond donors (Lipinski definition) is 0. The minimum Gasteiger partial charge on any atom is -0.310 e. The predicted octanol–water partition coefficient (Wildman–Crippen LogP) is 18.3. The zero-order valence-electron chi connectivity index (χ0n) is 36.8. The van der Waals surface area contributed by atoms with Gasteiger partial charge in [-0.1, -0.05) is 190 Å². The number of para-hydroxylation sites is 1. The summed E-state index contributed by atoms with van der Waals surface area (Å²) in [5.41, 5.74) is 13.7. The molecular formula is C65H43N. The molecule has 13 aromatic rings. The summed E-state index contributed by atoms with van der Waals surface area (Å²) in [6.07, 6.45) is 0. The molecule has 1 aliphatic rings. The minimum absolute atomic E-state index is 0.142. The Morgan fingerprint density at radius 1 is 0.288 bits per heavy atom. The molecule has 0 spiro atoms. The van der Waals surface area contributed by atoms with Gasteiger partial charge in [-0.2, -0.15) is 0 Å². The molecule has 1 heteroatoms. The molecule has 0 heterocycles. The molecular weight excluding hydrogens is 795 g/mol. The standard InChI is InChI=1S/C65H43N/c1-65(2)60-37-46(28-32-54(60)59-38-57-52-18-10-8-16-50(52)51-17-9-11-19-53(51)58(57)39-61(59)65)41-20-22-42(23-21-41)49-31-25-43-27-34-56-62(35-29-44-26-33-55(49)63(43)64(44)56)66(47-14-4-3-5-15-47)48-30-24-40-12-6-7-13-45(40)36-48/h3-39H,1-2H3. The van der Waals surface area contributed by atoms with E-state index >= 15 is 0 Å². The lowest BCUT2D eigenvalue weighted by Crippen LogP contribution is -2.15. The SMILES string of the molecule is CC1(C)c2cc(-c3ccc(-c4ccc5ccc6c(N(c7ccccc7)c7ccc8ccccc8c7)ccc7ccc4c5c76)cc3)ccc2-c2cc3c4ccccc4c4ccccc4c3cc21. The Kier molecular flexibility index (Phi) is 7.81. The fraction of sp³-hybridized carbons (Fsp3) is 0.0462. The van der Waals surface area contributed by atoms with Gasteiger partial charge in [-0.05, 0) is 163 Å². The third-order valence-corrected chi connectivity index (χ3v) is 15.0. The normalized spacial score (nSPS) is 13.1. The first-order valence-electron chi connectivity index (χ1n) is 23.2. The van der Waals surface area contributed by atoms with Crippen LogP contribution in [0.5, 0.6) is 0 Å². The van der Waals surface area contributed by atoms with Crippen molar-refractivity contribution >= 4 is 92.5 Å². The van der Waals surface area contributed by atoms with Crippen LogP contribution in [0.1, 0.15) is 25.0 Å². The highest BCUT2D eigenvalue weighted by Crippen LogP contribution is 2.53. The molecule has 66 heavy (non-hydrogen) atoms. The Morgan fingerprint density at radius 3 is 1.56 bits per heavy atom. The van der Waals surface area contributed by atoms with E-state index in [4.69, 9.17) is 0 Å². The van der Waals surface area contributed by atoms with Crippen LogP contribution in [0.15, 0.2) is 224 Å². The molecule has 0 N–H and O–H groups in total. The Labute approximate surface area is 383 Å². The fourth-order valence-electron chi connectivity index (χ4n) is 11.7. The molecule has 0 aromatic heterocycles. The zero-order chi connectivity index (χ0) is 43.7. The lowest BCUT2D eigenvalue weighted by molar-refractivity contribution is 0.661. The Bertz CT molecular complexity index is 4120. The van der Waals surface area contributed by atoms with Gasteiger partial charge in [-0.15, -0.1) is 0 Å². The van der Waals surface area contributed by atoms with Crippen LogP contribution >= 0.6 is 0 Å². The molecule has 1 aliphatic carbocycles. The van der Waals surface area contributed by atoms with Crippen molar-refractivity contribution in [2.45, 2.75) is 19.3 Å². The first-order chi connectivity index (χ1) is 32.5.